The summed E-state index contributed by atoms with van der Waals surface area (Å²) >= 11 is 0. The van der Waals surface area contributed by atoms with Crippen LogP contribution in [0.4, 0.5) is 0 Å². The van der Waals surface area contributed by atoms with Gasteiger partial charge in [-0.2, -0.15) is 0 Å². The van der Waals surface area contributed by atoms with Gasteiger partial charge in [-0.05, 0) is 30.7 Å². The first kappa shape index (κ1) is 17.5. The van der Waals surface area contributed by atoms with Crippen molar-refractivity contribution in [3.8, 4) is 16.9 Å². The number of rotatable bonds is 3. The average Bonchev–Trinajstić information content (AvgIpc) is 2.62. The molecule has 0 saturated heterocycles. The molecular formula is C20H20O4. The van der Waals surface area contributed by atoms with E-state index in [4.69, 9.17) is 9.15 Å². The van der Waals surface area contributed by atoms with Crippen LogP contribution in [0.25, 0.3) is 22.1 Å². The van der Waals surface area contributed by atoms with Gasteiger partial charge in [0.25, 0.3) is 0 Å². The molecule has 0 aliphatic carbocycles. The number of carbonyl (C=O) groups is 1. The minimum atomic E-state index is -0.420. The number of methoxy groups -OCH3 is 1. The molecule has 3 rings (SSSR count). The first-order valence-corrected chi connectivity index (χ1v) is 7.82. The Labute approximate surface area is 140 Å². The molecule has 0 amide bonds. The Morgan fingerprint density at radius 2 is 1.67 bits per heavy atom. The van der Waals surface area contributed by atoms with E-state index in [0.29, 0.717) is 22.5 Å². The number of ketones is 1. The molecule has 24 heavy (non-hydrogen) atoms. The number of Topliss-reactive ketones (excluding diaryl/α,β-unsaturated/α-hetero) is 1. The fourth-order valence-corrected chi connectivity index (χ4v) is 2.30. The normalized spacial score (nSPS) is 10.0. The highest BCUT2D eigenvalue weighted by atomic mass is 16.5. The van der Waals surface area contributed by atoms with Gasteiger partial charge >= 0.3 is 5.63 Å². The number of fused-ring (bicyclic) bond motifs is 1. The SMILES string of the molecule is CC.COc1ccc2cc(-c3ccc(C(C)=O)cc3)c(=O)oc2c1. The molecule has 0 N–H and O–H groups in total. The Bertz CT molecular complexity index is 905. The van der Waals surface area contributed by atoms with Gasteiger partial charge in [0.2, 0.25) is 0 Å². The van der Waals surface area contributed by atoms with Gasteiger partial charge in [-0.1, -0.05) is 38.1 Å². The molecule has 0 aliphatic heterocycles. The lowest BCUT2D eigenvalue weighted by molar-refractivity contribution is 0.101. The van der Waals surface area contributed by atoms with E-state index in [2.05, 4.69) is 0 Å². The summed E-state index contributed by atoms with van der Waals surface area (Å²) in [5.41, 5.74) is 1.85. The van der Waals surface area contributed by atoms with Gasteiger partial charge in [0.05, 0.1) is 12.7 Å². The van der Waals surface area contributed by atoms with Crippen molar-refractivity contribution in [3.63, 3.8) is 0 Å². The van der Waals surface area contributed by atoms with Crippen molar-refractivity contribution in [2.24, 2.45) is 0 Å². The molecule has 2 aromatic carbocycles. The maximum absolute atomic E-state index is 12.2. The Balaban J connectivity index is 0.00000100. The summed E-state index contributed by atoms with van der Waals surface area (Å²) in [6.07, 6.45) is 0. The number of hydrogen-bond donors (Lipinski definition) is 0. The van der Waals surface area contributed by atoms with Crippen LogP contribution >= 0.6 is 0 Å². The van der Waals surface area contributed by atoms with Crippen LogP contribution in [0.3, 0.4) is 0 Å². The maximum Gasteiger partial charge on any atom is 0.344 e. The molecular weight excluding hydrogens is 304 g/mol. The molecule has 0 bridgehead atoms. The van der Waals surface area contributed by atoms with Gasteiger partial charge in [0, 0.05) is 17.0 Å². The summed E-state index contributed by atoms with van der Waals surface area (Å²) in [5.74, 6) is 0.624. The van der Waals surface area contributed by atoms with Crippen molar-refractivity contribution in [2.75, 3.05) is 7.11 Å². The highest BCUT2D eigenvalue weighted by Crippen LogP contribution is 2.24. The largest absolute Gasteiger partial charge is 0.497 e. The average molecular weight is 324 g/mol. The third-order valence-electron chi connectivity index (χ3n) is 3.55. The quantitative estimate of drug-likeness (QED) is 0.518. The molecule has 1 heterocycles. The van der Waals surface area contributed by atoms with E-state index in [1.807, 2.05) is 26.0 Å². The van der Waals surface area contributed by atoms with Crippen molar-refractivity contribution >= 4 is 16.8 Å². The molecule has 0 saturated carbocycles. The lowest BCUT2D eigenvalue weighted by atomic mass is 10.0. The lowest BCUT2D eigenvalue weighted by Gasteiger charge is -2.05. The molecule has 1 aromatic heterocycles. The zero-order chi connectivity index (χ0) is 17.7. The summed E-state index contributed by atoms with van der Waals surface area (Å²) in [6.45, 7) is 5.51. The number of ether oxygens (including phenoxy) is 1. The van der Waals surface area contributed by atoms with E-state index in [1.165, 1.54) is 6.92 Å². The second kappa shape index (κ2) is 7.59. The Morgan fingerprint density at radius 1 is 1.00 bits per heavy atom. The van der Waals surface area contributed by atoms with Crippen LogP contribution in [0.1, 0.15) is 31.1 Å². The number of carbonyl (C=O) groups excluding carboxylic acids is 1. The minimum Gasteiger partial charge on any atom is -0.497 e. The molecule has 4 heteroatoms. The molecule has 0 spiro atoms. The fraction of sp³-hybridized carbons (Fsp3) is 0.200. The maximum atomic E-state index is 12.2. The predicted octanol–water partition coefficient (Wildman–Crippen LogP) is 4.70. The Kier molecular flexibility index (Phi) is 5.53. The Hall–Kier alpha value is -2.88. The van der Waals surface area contributed by atoms with Crippen molar-refractivity contribution in [1.29, 1.82) is 0 Å². The standard InChI is InChI=1S/C18H14O4.C2H6/c1-11(19)12-3-5-13(6-4-12)16-9-14-7-8-15(21-2)10-17(14)22-18(16)20;1-2/h3-10H,1-2H3;1-2H3. The summed E-state index contributed by atoms with van der Waals surface area (Å²) in [5, 5.41) is 0.811. The summed E-state index contributed by atoms with van der Waals surface area (Å²) < 4.78 is 10.5. The highest BCUT2D eigenvalue weighted by molar-refractivity contribution is 5.94. The van der Waals surface area contributed by atoms with Gasteiger partial charge in [-0.15, -0.1) is 0 Å². The Morgan fingerprint density at radius 3 is 2.25 bits per heavy atom. The summed E-state index contributed by atoms with van der Waals surface area (Å²) in [6, 6.07) is 14.0. The number of benzene rings is 2. The third-order valence-corrected chi connectivity index (χ3v) is 3.55. The third kappa shape index (κ3) is 3.54. The van der Waals surface area contributed by atoms with Crippen LogP contribution in [0.15, 0.2) is 57.7 Å². The molecule has 0 unspecified atom stereocenters. The van der Waals surface area contributed by atoms with E-state index in [1.54, 1.807) is 43.5 Å². The second-order valence-electron chi connectivity index (χ2n) is 4.98. The van der Waals surface area contributed by atoms with Crippen molar-refractivity contribution < 1.29 is 13.9 Å². The van der Waals surface area contributed by atoms with Gasteiger partial charge in [-0.3, -0.25) is 4.79 Å². The first-order chi connectivity index (χ1) is 11.6. The smallest absolute Gasteiger partial charge is 0.344 e. The van der Waals surface area contributed by atoms with Gasteiger partial charge < -0.3 is 9.15 Å². The molecule has 124 valence electrons. The monoisotopic (exact) mass is 324 g/mol. The van der Waals surface area contributed by atoms with E-state index in [9.17, 15) is 9.59 Å². The molecule has 0 fully saturated rings. The van der Waals surface area contributed by atoms with Gasteiger partial charge in [0.15, 0.2) is 5.78 Å². The van der Waals surface area contributed by atoms with Crippen LogP contribution in [0.2, 0.25) is 0 Å². The fourth-order valence-electron chi connectivity index (χ4n) is 2.30. The van der Waals surface area contributed by atoms with E-state index >= 15 is 0 Å². The van der Waals surface area contributed by atoms with Crippen LogP contribution in [-0.2, 0) is 0 Å². The van der Waals surface area contributed by atoms with E-state index < -0.39 is 5.63 Å². The molecule has 0 radical (unpaired) electrons. The van der Waals surface area contributed by atoms with Crippen molar-refractivity contribution in [2.45, 2.75) is 20.8 Å². The molecule has 3 aromatic rings. The highest BCUT2D eigenvalue weighted by Gasteiger charge is 2.09. The van der Waals surface area contributed by atoms with Gasteiger partial charge in [-0.25, -0.2) is 4.79 Å². The van der Waals surface area contributed by atoms with E-state index in [0.717, 1.165) is 10.9 Å². The molecule has 4 nitrogen and oxygen atoms in total. The zero-order valence-electron chi connectivity index (χ0n) is 14.3. The minimum absolute atomic E-state index is 0.0100. The van der Waals surface area contributed by atoms with Gasteiger partial charge in [0.1, 0.15) is 11.3 Å². The summed E-state index contributed by atoms with van der Waals surface area (Å²) in [7, 11) is 1.56. The lowest BCUT2D eigenvalue weighted by Crippen LogP contribution is -2.03. The second-order valence-corrected chi connectivity index (χ2v) is 4.98. The zero-order valence-corrected chi connectivity index (χ0v) is 14.3. The van der Waals surface area contributed by atoms with Crippen LogP contribution < -0.4 is 10.4 Å². The van der Waals surface area contributed by atoms with Crippen molar-refractivity contribution in [3.05, 3.63) is 64.5 Å². The van der Waals surface area contributed by atoms with Crippen LogP contribution in [-0.4, -0.2) is 12.9 Å². The first-order valence-electron chi connectivity index (χ1n) is 7.82. The molecule has 0 aliphatic rings. The van der Waals surface area contributed by atoms with Crippen molar-refractivity contribution in [1.82, 2.24) is 0 Å². The van der Waals surface area contributed by atoms with E-state index in [-0.39, 0.29) is 5.78 Å². The predicted molar refractivity (Wildman–Crippen MR) is 95.8 cm³/mol. The topological polar surface area (TPSA) is 56.5 Å². The van der Waals surface area contributed by atoms with Crippen LogP contribution in [0, 0.1) is 0 Å². The van der Waals surface area contributed by atoms with Crippen LogP contribution in [0.5, 0.6) is 5.75 Å². The summed E-state index contributed by atoms with van der Waals surface area (Å²) in [4.78, 5) is 23.5. The number of hydrogen-bond acceptors (Lipinski definition) is 4. The molecule has 0 atom stereocenters.